The molecule has 1 aromatic rings. The fraction of sp³-hybridized carbons (Fsp3) is 0.429. The van der Waals surface area contributed by atoms with Gasteiger partial charge in [-0.3, -0.25) is 0 Å². The third-order valence-corrected chi connectivity index (χ3v) is 3.01. The first-order valence-electron chi connectivity index (χ1n) is 5.92. The first kappa shape index (κ1) is 13.7. The van der Waals surface area contributed by atoms with Gasteiger partial charge >= 0.3 is 0 Å². The van der Waals surface area contributed by atoms with Gasteiger partial charge in [0, 0.05) is 22.2 Å². The molecule has 0 saturated carbocycles. The molecular formula is C14H14Cl2O2. The molecule has 1 atom stereocenters. The van der Waals surface area contributed by atoms with E-state index in [4.69, 9.17) is 32.7 Å². The third-order valence-electron chi connectivity index (χ3n) is 2.57. The first-order valence-corrected chi connectivity index (χ1v) is 6.68. The molecule has 1 heterocycles. The predicted octanol–water partition coefficient (Wildman–Crippen LogP) is 3.89. The van der Waals surface area contributed by atoms with E-state index in [1.165, 1.54) is 0 Å². The van der Waals surface area contributed by atoms with Crippen LogP contribution in [0.25, 0.3) is 0 Å². The van der Waals surface area contributed by atoms with E-state index in [0.717, 1.165) is 31.4 Å². The van der Waals surface area contributed by atoms with Gasteiger partial charge in [-0.05, 0) is 37.5 Å². The zero-order valence-electron chi connectivity index (χ0n) is 9.92. The predicted molar refractivity (Wildman–Crippen MR) is 72.9 cm³/mol. The van der Waals surface area contributed by atoms with Crippen LogP contribution in [-0.2, 0) is 9.47 Å². The summed E-state index contributed by atoms with van der Waals surface area (Å²) < 4.78 is 10.9. The molecule has 4 heteroatoms. The number of hydrogen-bond acceptors (Lipinski definition) is 2. The zero-order chi connectivity index (χ0) is 12.8. The van der Waals surface area contributed by atoms with Crippen LogP contribution in [-0.4, -0.2) is 19.5 Å². The average Bonchev–Trinajstić information content (AvgIpc) is 2.35. The minimum Gasteiger partial charge on any atom is -0.353 e. The summed E-state index contributed by atoms with van der Waals surface area (Å²) in [6.45, 7) is 1.14. The van der Waals surface area contributed by atoms with E-state index >= 15 is 0 Å². The molecule has 1 fully saturated rings. The monoisotopic (exact) mass is 284 g/mol. The van der Waals surface area contributed by atoms with Crippen LogP contribution in [0.2, 0.25) is 10.0 Å². The SMILES string of the molecule is Clc1cc(Cl)cc(C#CCOC2CCCCO2)c1. The van der Waals surface area contributed by atoms with E-state index in [9.17, 15) is 0 Å². The Labute approximate surface area is 117 Å². The minimum absolute atomic E-state index is 0.101. The van der Waals surface area contributed by atoms with Gasteiger partial charge in [0.15, 0.2) is 6.29 Å². The topological polar surface area (TPSA) is 18.5 Å². The maximum Gasteiger partial charge on any atom is 0.158 e. The highest BCUT2D eigenvalue weighted by Crippen LogP contribution is 2.18. The summed E-state index contributed by atoms with van der Waals surface area (Å²) in [7, 11) is 0. The van der Waals surface area contributed by atoms with Gasteiger partial charge in [-0.2, -0.15) is 0 Å². The standard InChI is InChI=1S/C14H14Cl2O2/c15-12-8-11(9-13(16)10-12)4-3-7-18-14-5-1-2-6-17-14/h8-10,14H,1-2,5-7H2. The molecule has 1 aromatic carbocycles. The first-order chi connectivity index (χ1) is 8.74. The van der Waals surface area contributed by atoms with Crippen molar-refractivity contribution in [3.8, 4) is 11.8 Å². The van der Waals surface area contributed by atoms with Gasteiger partial charge in [0.1, 0.15) is 6.61 Å². The summed E-state index contributed by atoms with van der Waals surface area (Å²) in [5, 5.41) is 1.17. The van der Waals surface area contributed by atoms with E-state index in [1.807, 2.05) is 0 Å². The number of ether oxygens (including phenoxy) is 2. The second kappa shape index (κ2) is 7.01. The number of hydrogen-bond donors (Lipinski definition) is 0. The van der Waals surface area contributed by atoms with Gasteiger partial charge in [-0.1, -0.05) is 35.0 Å². The van der Waals surface area contributed by atoms with E-state index in [2.05, 4.69) is 11.8 Å². The molecule has 1 aliphatic rings. The smallest absolute Gasteiger partial charge is 0.158 e. The van der Waals surface area contributed by atoms with Crippen LogP contribution in [0.3, 0.4) is 0 Å². The van der Waals surface area contributed by atoms with Crippen molar-refractivity contribution in [1.82, 2.24) is 0 Å². The Morgan fingerprint density at radius 3 is 2.67 bits per heavy atom. The van der Waals surface area contributed by atoms with Crippen LogP contribution in [0.5, 0.6) is 0 Å². The molecule has 2 rings (SSSR count). The van der Waals surface area contributed by atoms with Crippen molar-refractivity contribution in [3.05, 3.63) is 33.8 Å². The highest BCUT2D eigenvalue weighted by Gasteiger charge is 2.12. The Balaban J connectivity index is 1.84. The molecule has 1 aliphatic heterocycles. The Morgan fingerprint density at radius 2 is 2.00 bits per heavy atom. The zero-order valence-corrected chi connectivity index (χ0v) is 11.4. The molecule has 0 aromatic heterocycles. The molecular weight excluding hydrogens is 271 g/mol. The largest absolute Gasteiger partial charge is 0.353 e. The fourth-order valence-corrected chi connectivity index (χ4v) is 2.27. The van der Waals surface area contributed by atoms with Crippen molar-refractivity contribution in [2.45, 2.75) is 25.6 Å². The Hall–Kier alpha value is -0.720. The third kappa shape index (κ3) is 4.51. The molecule has 0 aliphatic carbocycles. The lowest BCUT2D eigenvalue weighted by Gasteiger charge is -2.21. The summed E-state index contributed by atoms with van der Waals surface area (Å²) in [6, 6.07) is 5.23. The van der Waals surface area contributed by atoms with Crippen LogP contribution in [0, 0.1) is 11.8 Å². The summed E-state index contributed by atoms with van der Waals surface area (Å²) in [6.07, 6.45) is 3.12. The molecule has 2 nitrogen and oxygen atoms in total. The van der Waals surface area contributed by atoms with Crippen molar-refractivity contribution >= 4 is 23.2 Å². The molecule has 0 radical (unpaired) electrons. The maximum absolute atomic E-state index is 5.88. The Morgan fingerprint density at radius 1 is 1.22 bits per heavy atom. The van der Waals surface area contributed by atoms with Crippen molar-refractivity contribution < 1.29 is 9.47 Å². The molecule has 1 unspecified atom stereocenters. The molecule has 0 bridgehead atoms. The van der Waals surface area contributed by atoms with E-state index < -0.39 is 0 Å². The van der Waals surface area contributed by atoms with Gasteiger partial charge < -0.3 is 9.47 Å². The second-order valence-corrected chi connectivity index (χ2v) is 4.94. The quantitative estimate of drug-likeness (QED) is 0.767. The van der Waals surface area contributed by atoms with Gasteiger partial charge in [0.2, 0.25) is 0 Å². The molecule has 96 valence electrons. The lowest BCUT2D eigenvalue weighted by Crippen LogP contribution is -2.22. The van der Waals surface area contributed by atoms with Crippen molar-refractivity contribution in [3.63, 3.8) is 0 Å². The van der Waals surface area contributed by atoms with Crippen LogP contribution in [0.4, 0.5) is 0 Å². The number of rotatable bonds is 2. The maximum atomic E-state index is 5.88. The Kier molecular flexibility index (Phi) is 5.34. The average molecular weight is 285 g/mol. The van der Waals surface area contributed by atoms with E-state index in [1.54, 1.807) is 18.2 Å². The fourth-order valence-electron chi connectivity index (χ4n) is 1.74. The summed E-state index contributed by atoms with van der Waals surface area (Å²) in [5.74, 6) is 5.90. The summed E-state index contributed by atoms with van der Waals surface area (Å²) in [5.41, 5.74) is 0.792. The van der Waals surface area contributed by atoms with Crippen LogP contribution in [0.1, 0.15) is 24.8 Å². The highest BCUT2D eigenvalue weighted by atomic mass is 35.5. The van der Waals surface area contributed by atoms with Gasteiger partial charge in [0.05, 0.1) is 0 Å². The van der Waals surface area contributed by atoms with Crippen molar-refractivity contribution in [1.29, 1.82) is 0 Å². The molecule has 18 heavy (non-hydrogen) atoms. The minimum atomic E-state index is -0.101. The van der Waals surface area contributed by atoms with Crippen LogP contribution >= 0.6 is 23.2 Å². The molecule has 1 saturated heterocycles. The lowest BCUT2D eigenvalue weighted by molar-refractivity contribution is -0.154. The van der Waals surface area contributed by atoms with Crippen LogP contribution < -0.4 is 0 Å². The van der Waals surface area contributed by atoms with Gasteiger partial charge in [-0.15, -0.1) is 0 Å². The molecule has 0 N–H and O–H groups in total. The van der Waals surface area contributed by atoms with E-state index in [0.29, 0.717) is 16.7 Å². The lowest BCUT2D eigenvalue weighted by atomic mass is 10.2. The van der Waals surface area contributed by atoms with Crippen molar-refractivity contribution in [2.75, 3.05) is 13.2 Å². The normalized spacial score (nSPS) is 19.1. The van der Waals surface area contributed by atoms with Gasteiger partial charge in [0.25, 0.3) is 0 Å². The number of halogens is 2. The van der Waals surface area contributed by atoms with Gasteiger partial charge in [-0.25, -0.2) is 0 Å². The summed E-state index contributed by atoms with van der Waals surface area (Å²) >= 11 is 11.8. The highest BCUT2D eigenvalue weighted by molar-refractivity contribution is 6.34. The molecule has 0 spiro atoms. The number of benzene rings is 1. The van der Waals surface area contributed by atoms with Crippen LogP contribution in [0.15, 0.2) is 18.2 Å². The second-order valence-electron chi connectivity index (χ2n) is 4.07. The summed E-state index contributed by atoms with van der Waals surface area (Å²) in [4.78, 5) is 0. The van der Waals surface area contributed by atoms with Crippen molar-refractivity contribution in [2.24, 2.45) is 0 Å². The Bertz CT molecular complexity index is 436. The molecule has 0 amide bonds. The van der Waals surface area contributed by atoms with E-state index in [-0.39, 0.29) is 6.29 Å².